The van der Waals surface area contributed by atoms with Crippen LogP contribution in [0, 0.1) is 5.92 Å². The monoisotopic (exact) mass is 365 g/mol. The van der Waals surface area contributed by atoms with Crippen molar-refractivity contribution < 1.29 is 23.8 Å². The number of nitrogens with zero attached hydrogens (tertiary/aromatic N) is 2. The SMILES string of the molecule is COc1cc(N2CC(C(=O)NCCN(C)C)CC2=O)cc(OC)c1OC. The molecule has 0 spiro atoms. The number of carbonyl (C=O) groups is 2. The molecule has 8 nitrogen and oxygen atoms in total. The van der Waals surface area contributed by atoms with Crippen LogP contribution in [0.2, 0.25) is 0 Å². The van der Waals surface area contributed by atoms with Gasteiger partial charge >= 0.3 is 0 Å². The molecule has 144 valence electrons. The van der Waals surface area contributed by atoms with E-state index in [-0.39, 0.29) is 24.2 Å². The molecule has 2 rings (SSSR count). The van der Waals surface area contributed by atoms with E-state index in [2.05, 4.69) is 5.32 Å². The van der Waals surface area contributed by atoms with Gasteiger partial charge in [-0.05, 0) is 14.1 Å². The lowest BCUT2D eigenvalue weighted by Crippen LogP contribution is -2.36. The van der Waals surface area contributed by atoms with Crippen molar-refractivity contribution in [2.24, 2.45) is 5.92 Å². The maximum atomic E-state index is 12.5. The Bertz CT molecular complexity index is 637. The molecule has 8 heteroatoms. The second-order valence-electron chi connectivity index (χ2n) is 6.38. The number of rotatable bonds is 8. The van der Waals surface area contributed by atoms with Crippen LogP contribution in [0.25, 0.3) is 0 Å². The van der Waals surface area contributed by atoms with Crippen molar-refractivity contribution in [3.05, 3.63) is 12.1 Å². The summed E-state index contributed by atoms with van der Waals surface area (Å²) >= 11 is 0. The van der Waals surface area contributed by atoms with E-state index >= 15 is 0 Å². The van der Waals surface area contributed by atoms with Gasteiger partial charge in [0.1, 0.15) is 0 Å². The van der Waals surface area contributed by atoms with Crippen LogP contribution in [0.15, 0.2) is 12.1 Å². The fourth-order valence-corrected chi connectivity index (χ4v) is 2.90. The van der Waals surface area contributed by atoms with Crippen LogP contribution in [-0.4, -0.2) is 71.8 Å². The molecule has 1 aliphatic rings. The molecule has 0 bridgehead atoms. The third-order valence-electron chi connectivity index (χ3n) is 4.32. The van der Waals surface area contributed by atoms with Gasteiger partial charge in [-0.2, -0.15) is 0 Å². The van der Waals surface area contributed by atoms with E-state index in [0.29, 0.717) is 36.0 Å². The van der Waals surface area contributed by atoms with Crippen molar-refractivity contribution >= 4 is 17.5 Å². The van der Waals surface area contributed by atoms with Gasteiger partial charge < -0.3 is 29.3 Å². The number of anilines is 1. The fourth-order valence-electron chi connectivity index (χ4n) is 2.90. The Balaban J connectivity index is 2.14. The van der Waals surface area contributed by atoms with E-state index in [9.17, 15) is 9.59 Å². The molecule has 1 aromatic rings. The smallest absolute Gasteiger partial charge is 0.227 e. The number of benzene rings is 1. The number of amides is 2. The van der Waals surface area contributed by atoms with Crippen LogP contribution >= 0.6 is 0 Å². The molecule has 1 N–H and O–H groups in total. The summed E-state index contributed by atoms with van der Waals surface area (Å²) in [6, 6.07) is 3.43. The normalized spacial score (nSPS) is 16.8. The first kappa shape index (κ1) is 19.8. The lowest BCUT2D eigenvalue weighted by molar-refractivity contribution is -0.126. The Kier molecular flexibility index (Phi) is 6.68. The summed E-state index contributed by atoms with van der Waals surface area (Å²) in [5.74, 6) is 0.816. The minimum absolute atomic E-state index is 0.102. The van der Waals surface area contributed by atoms with E-state index in [0.717, 1.165) is 6.54 Å². The fraction of sp³-hybridized carbons (Fsp3) is 0.556. The summed E-state index contributed by atoms with van der Waals surface area (Å²) < 4.78 is 16.0. The number of carbonyl (C=O) groups excluding carboxylic acids is 2. The predicted molar refractivity (Wildman–Crippen MR) is 98.1 cm³/mol. The number of ether oxygens (including phenoxy) is 3. The summed E-state index contributed by atoms with van der Waals surface area (Å²) in [5.41, 5.74) is 0.619. The van der Waals surface area contributed by atoms with Gasteiger partial charge in [-0.15, -0.1) is 0 Å². The number of likely N-dealkylation sites (N-methyl/N-ethyl adjacent to an activating group) is 1. The third-order valence-corrected chi connectivity index (χ3v) is 4.32. The van der Waals surface area contributed by atoms with Crippen LogP contribution in [-0.2, 0) is 9.59 Å². The van der Waals surface area contributed by atoms with Crippen molar-refractivity contribution in [1.82, 2.24) is 10.2 Å². The number of hydrogen-bond donors (Lipinski definition) is 1. The Morgan fingerprint density at radius 2 is 1.81 bits per heavy atom. The standard InChI is InChI=1S/C18H27N3O5/c1-20(2)7-6-19-18(23)12-8-16(22)21(11-12)13-9-14(24-3)17(26-5)15(10-13)25-4/h9-10,12H,6-8,11H2,1-5H3,(H,19,23). The Labute approximate surface area is 154 Å². The molecule has 2 amide bonds. The van der Waals surface area contributed by atoms with Crippen LogP contribution in [0.3, 0.4) is 0 Å². The molecule has 0 saturated carbocycles. The number of hydrogen-bond acceptors (Lipinski definition) is 6. The highest BCUT2D eigenvalue weighted by Crippen LogP contribution is 2.42. The summed E-state index contributed by atoms with van der Waals surface area (Å²) in [4.78, 5) is 28.3. The zero-order valence-electron chi connectivity index (χ0n) is 16.0. The predicted octanol–water partition coefficient (Wildman–Crippen LogP) is 0.743. The topological polar surface area (TPSA) is 80.3 Å². The summed E-state index contributed by atoms with van der Waals surface area (Å²) in [7, 11) is 8.45. The van der Waals surface area contributed by atoms with Gasteiger partial charge in [0.15, 0.2) is 11.5 Å². The molecule has 1 aromatic carbocycles. The Morgan fingerprint density at radius 3 is 2.31 bits per heavy atom. The van der Waals surface area contributed by atoms with Crippen molar-refractivity contribution in [2.75, 3.05) is 60.0 Å². The van der Waals surface area contributed by atoms with Gasteiger partial charge in [-0.1, -0.05) is 0 Å². The molecule has 1 unspecified atom stereocenters. The van der Waals surface area contributed by atoms with Crippen LogP contribution in [0.1, 0.15) is 6.42 Å². The lowest BCUT2D eigenvalue weighted by Gasteiger charge is -2.20. The van der Waals surface area contributed by atoms with E-state index in [1.54, 1.807) is 17.0 Å². The highest BCUT2D eigenvalue weighted by atomic mass is 16.5. The summed E-state index contributed by atoms with van der Waals surface area (Å²) in [6.07, 6.45) is 0.185. The second-order valence-corrected chi connectivity index (χ2v) is 6.38. The maximum absolute atomic E-state index is 12.5. The molecule has 1 aliphatic heterocycles. The van der Waals surface area contributed by atoms with Crippen molar-refractivity contribution in [3.8, 4) is 17.2 Å². The van der Waals surface area contributed by atoms with E-state index in [1.807, 2.05) is 19.0 Å². The molecular weight excluding hydrogens is 338 g/mol. The molecule has 1 fully saturated rings. The highest BCUT2D eigenvalue weighted by Gasteiger charge is 2.35. The first-order chi connectivity index (χ1) is 12.4. The average Bonchev–Trinajstić information content (AvgIpc) is 3.01. The minimum atomic E-state index is -0.372. The van der Waals surface area contributed by atoms with Crippen molar-refractivity contribution in [2.45, 2.75) is 6.42 Å². The van der Waals surface area contributed by atoms with Gasteiger partial charge in [-0.25, -0.2) is 0 Å². The molecule has 0 aliphatic carbocycles. The molecule has 26 heavy (non-hydrogen) atoms. The van der Waals surface area contributed by atoms with E-state index < -0.39 is 0 Å². The van der Waals surface area contributed by atoms with Gasteiger partial charge in [0.05, 0.1) is 32.9 Å². The first-order valence-corrected chi connectivity index (χ1v) is 8.44. The van der Waals surface area contributed by atoms with Crippen LogP contribution in [0.5, 0.6) is 17.2 Å². The summed E-state index contributed by atoms with van der Waals surface area (Å²) in [6.45, 7) is 1.63. The lowest BCUT2D eigenvalue weighted by atomic mass is 10.1. The van der Waals surface area contributed by atoms with Crippen LogP contribution in [0.4, 0.5) is 5.69 Å². The Morgan fingerprint density at radius 1 is 1.19 bits per heavy atom. The largest absolute Gasteiger partial charge is 0.493 e. The van der Waals surface area contributed by atoms with E-state index in [1.165, 1.54) is 21.3 Å². The zero-order valence-corrected chi connectivity index (χ0v) is 16.0. The minimum Gasteiger partial charge on any atom is -0.493 e. The van der Waals surface area contributed by atoms with Crippen LogP contribution < -0.4 is 24.4 Å². The number of nitrogens with one attached hydrogen (secondary N) is 1. The summed E-state index contributed by atoms with van der Waals surface area (Å²) in [5, 5.41) is 2.88. The maximum Gasteiger partial charge on any atom is 0.227 e. The molecule has 1 heterocycles. The van der Waals surface area contributed by atoms with Gasteiger partial charge in [0.25, 0.3) is 0 Å². The zero-order chi connectivity index (χ0) is 19.3. The molecule has 0 radical (unpaired) electrons. The average molecular weight is 365 g/mol. The van der Waals surface area contributed by atoms with Crippen molar-refractivity contribution in [3.63, 3.8) is 0 Å². The highest BCUT2D eigenvalue weighted by molar-refractivity contribution is 6.00. The van der Waals surface area contributed by atoms with E-state index in [4.69, 9.17) is 14.2 Å². The second kappa shape index (κ2) is 8.75. The molecule has 1 saturated heterocycles. The quantitative estimate of drug-likeness (QED) is 0.732. The molecule has 0 aromatic heterocycles. The molecule has 1 atom stereocenters. The van der Waals surface area contributed by atoms with Gasteiger partial charge in [0.2, 0.25) is 17.6 Å². The molecular formula is C18H27N3O5. The van der Waals surface area contributed by atoms with Crippen molar-refractivity contribution in [1.29, 1.82) is 0 Å². The van der Waals surface area contributed by atoms with Gasteiger partial charge in [0, 0.05) is 38.2 Å². The van der Waals surface area contributed by atoms with Gasteiger partial charge in [-0.3, -0.25) is 9.59 Å². The number of methoxy groups -OCH3 is 3. The first-order valence-electron chi connectivity index (χ1n) is 8.44. The third kappa shape index (κ3) is 4.37. The Hall–Kier alpha value is -2.48.